The molecular weight excluding hydrogens is 280 g/mol. The van der Waals surface area contributed by atoms with Gasteiger partial charge in [0.05, 0.1) is 19.6 Å². The van der Waals surface area contributed by atoms with Crippen molar-refractivity contribution in [3.63, 3.8) is 0 Å². The number of carbonyl (C=O) groups is 2. The number of halogens is 1. The quantitative estimate of drug-likeness (QED) is 0.904. The second kappa shape index (κ2) is 5.81. The number of nitrogens with two attached hydrogens (primary N) is 1. The number of hydrogen-bond donors (Lipinski definition) is 1. The third-order valence-electron chi connectivity index (χ3n) is 3.42. The maximum atomic E-state index is 12.2. The second-order valence-corrected chi connectivity index (χ2v) is 5.50. The summed E-state index contributed by atoms with van der Waals surface area (Å²) in [5.74, 6) is -0.607. The molecule has 1 aliphatic rings. The molecule has 2 amide bonds. The van der Waals surface area contributed by atoms with E-state index < -0.39 is 11.5 Å². The molecule has 0 radical (unpaired) electrons. The van der Waals surface area contributed by atoms with E-state index in [0.717, 1.165) is 5.56 Å². The summed E-state index contributed by atoms with van der Waals surface area (Å²) in [5, 5.41) is 0.633. The smallest absolute Gasteiger partial charge is 0.251 e. The van der Waals surface area contributed by atoms with E-state index in [1.54, 1.807) is 24.0 Å². The molecule has 1 aliphatic heterocycles. The lowest BCUT2D eigenvalue weighted by Crippen LogP contribution is -2.58. The highest BCUT2D eigenvalue weighted by Gasteiger charge is 2.39. The summed E-state index contributed by atoms with van der Waals surface area (Å²) in [4.78, 5) is 25.2. The average Bonchev–Trinajstić information content (AvgIpc) is 2.41. The molecule has 1 fully saturated rings. The monoisotopic (exact) mass is 296 g/mol. The molecule has 1 heterocycles. The summed E-state index contributed by atoms with van der Waals surface area (Å²) < 4.78 is 5.39. The van der Waals surface area contributed by atoms with Gasteiger partial charge in [-0.15, -0.1) is 0 Å². The fourth-order valence-corrected chi connectivity index (χ4v) is 2.25. The van der Waals surface area contributed by atoms with Crippen LogP contribution in [0.2, 0.25) is 5.02 Å². The molecule has 1 aromatic rings. The molecule has 1 aromatic carbocycles. The first-order valence-electron chi connectivity index (χ1n) is 6.37. The largest absolute Gasteiger partial charge is 0.367 e. The Hall–Kier alpha value is -1.59. The minimum absolute atomic E-state index is 0.0527. The van der Waals surface area contributed by atoms with Gasteiger partial charge in [0.15, 0.2) is 5.60 Å². The van der Waals surface area contributed by atoms with E-state index in [1.807, 2.05) is 12.1 Å². The van der Waals surface area contributed by atoms with Crippen LogP contribution < -0.4 is 5.73 Å². The van der Waals surface area contributed by atoms with Gasteiger partial charge in [-0.1, -0.05) is 23.7 Å². The van der Waals surface area contributed by atoms with E-state index in [1.165, 1.54) is 0 Å². The van der Waals surface area contributed by atoms with Crippen molar-refractivity contribution in [1.29, 1.82) is 0 Å². The van der Waals surface area contributed by atoms with Gasteiger partial charge < -0.3 is 15.4 Å². The minimum atomic E-state index is -1.10. The van der Waals surface area contributed by atoms with Crippen LogP contribution in [0.25, 0.3) is 0 Å². The summed E-state index contributed by atoms with van der Waals surface area (Å²) in [6.07, 6.45) is 0.270. The van der Waals surface area contributed by atoms with Crippen LogP contribution in [0.4, 0.5) is 0 Å². The number of ether oxygens (including phenoxy) is 1. The van der Waals surface area contributed by atoms with Gasteiger partial charge in [0.1, 0.15) is 0 Å². The normalized spacial score (nSPS) is 22.6. The van der Waals surface area contributed by atoms with Crippen LogP contribution in [0.5, 0.6) is 0 Å². The maximum absolute atomic E-state index is 12.2. The Morgan fingerprint density at radius 3 is 2.65 bits per heavy atom. The molecule has 2 rings (SSSR count). The number of amides is 2. The summed E-state index contributed by atoms with van der Waals surface area (Å²) in [7, 11) is 0. The Labute approximate surface area is 122 Å². The molecule has 2 N–H and O–H groups in total. The van der Waals surface area contributed by atoms with Crippen LogP contribution in [0.3, 0.4) is 0 Å². The van der Waals surface area contributed by atoms with Gasteiger partial charge in [-0.2, -0.15) is 0 Å². The van der Waals surface area contributed by atoms with Crippen LogP contribution in [0.1, 0.15) is 12.5 Å². The summed E-state index contributed by atoms with van der Waals surface area (Å²) in [5.41, 5.74) is 5.09. The van der Waals surface area contributed by atoms with Gasteiger partial charge in [0, 0.05) is 11.6 Å². The Bertz CT molecular complexity index is 518. The lowest BCUT2D eigenvalue weighted by molar-refractivity contribution is -0.160. The fourth-order valence-electron chi connectivity index (χ4n) is 2.12. The van der Waals surface area contributed by atoms with Crippen molar-refractivity contribution in [3.8, 4) is 0 Å². The van der Waals surface area contributed by atoms with Crippen molar-refractivity contribution in [1.82, 2.24) is 4.90 Å². The van der Waals surface area contributed by atoms with Crippen LogP contribution in [-0.2, 0) is 20.7 Å². The van der Waals surface area contributed by atoms with E-state index >= 15 is 0 Å². The predicted octanol–water partition coefficient (Wildman–Crippen LogP) is 0.985. The van der Waals surface area contributed by atoms with Crippen molar-refractivity contribution >= 4 is 23.4 Å². The lowest BCUT2D eigenvalue weighted by Gasteiger charge is -2.38. The average molecular weight is 297 g/mol. The molecule has 108 valence electrons. The highest BCUT2D eigenvalue weighted by Crippen LogP contribution is 2.18. The van der Waals surface area contributed by atoms with Crippen molar-refractivity contribution in [3.05, 3.63) is 34.9 Å². The van der Waals surface area contributed by atoms with E-state index in [9.17, 15) is 9.59 Å². The number of carbonyl (C=O) groups excluding carboxylic acids is 2. The summed E-state index contributed by atoms with van der Waals surface area (Å²) in [6, 6.07) is 7.12. The Morgan fingerprint density at radius 2 is 2.05 bits per heavy atom. The number of hydrogen-bond acceptors (Lipinski definition) is 3. The molecule has 0 aromatic heterocycles. The third-order valence-corrected chi connectivity index (χ3v) is 3.67. The first-order chi connectivity index (χ1) is 9.40. The molecule has 20 heavy (non-hydrogen) atoms. The first kappa shape index (κ1) is 14.8. The zero-order valence-electron chi connectivity index (χ0n) is 11.3. The van der Waals surface area contributed by atoms with Gasteiger partial charge >= 0.3 is 0 Å². The number of morpholine rings is 1. The Kier molecular flexibility index (Phi) is 4.30. The Morgan fingerprint density at radius 1 is 1.40 bits per heavy atom. The molecule has 1 saturated heterocycles. The molecule has 0 saturated carbocycles. The first-order valence-corrected chi connectivity index (χ1v) is 6.74. The van der Waals surface area contributed by atoms with Crippen LogP contribution in [-0.4, -0.2) is 42.0 Å². The predicted molar refractivity (Wildman–Crippen MR) is 75.3 cm³/mol. The topological polar surface area (TPSA) is 72.6 Å². The molecule has 0 bridgehead atoms. The van der Waals surface area contributed by atoms with Crippen molar-refractivity contribution < 1.29 is 14.3 Å². The van der Waals surface area contributed by atoms with Crippen molar-refractivity contribution in [2.45, 2.75) is 18.9 Å². The Balaban J connectivity index is 2.02. The number of nitrogens with zero attached hydrogens (tertiary/aromatic N) is 1. The zero-order chi connectivity index (χ0) is 14.8. The molecule has 0 aliphatic carbocycles. The SMILES string of the molecule is C[C@]1(C(N)=O)CN(C(=O)Cc2ccc(Cl)cc2)CCO1. The highest BCUT2D eigenvalue weighted by molar-refractivity contribution is 6.30. The minimum Gasteiger partial charge on any atom is -0.367 e. The third kappa shape index (κ3) is 3.29. The van der Waals surface area contributed by atoms with Crippen LogP contribution in [0, 0.1) is 0 Å². The molecule has 0 spiro atoms. The lowest BCUT2D eigenvalue weighted by atomic mass is 10.0. The van der Waals surface area contributed by atoms with E-state index in [4.69, 9.17) is 22.1 Å². The molecule has 6 heteroatoms. The van der Waals surface area contributed by atoms with Crippen molar-refractivity contribution in [2.75, 3.05) is 19.7 Å². The van der Waals surface area contributed by atoms with Gasteiger partial charge in [0.25, 0.3) is 5.91 Å². The zero-order valence-corrected chi connectivity index (χ0v) is 12.0. The maximum Gasteiger partial charge on any atom is 0.251 e. The molecular formula is C14H17ClN2O3. The molecule has 1 atom stereocenters. The van der Waals surface area contributed by atoms with E-state index in [0.29, 0.717) is 18.2 Å². The second-order valence-electron chi connectivity index (χ2n) is 5.06. The van der Waals surface area contributed by atoms with Crippen LogP contribution in [0.15, 0.2) is 24.3 Å². The van der Waals surface area contributed by atoms with Gasteiger partial charge in [0.2, 0.25) is 5.91 Å². The number of benzene rings is 1. The van der Waals surface area contributed by atoms with Crippen molar-refractivity contribution in [2.24, 2.45) is 5.73 Å². The van der Waals surface area contributed by atoms with E-state index in [-0.39, 0.29) is 18.9 Å². The standard InChI is InChI=1S/C14H17ClN2O3/c1-14(13(16)19)9-17(6-7-20-14)12(18)8-10-2-4-11(15)5-3-10/h2-5H,6-9H2,1H3,(H2,16,19)/t14-/m1/s1. The summed E-state index contributed by atoms with van der Waals surface area (Å²) >= 11 is 5.81. The van der Waals surface area contributed by atoms with Gasteiger partial charge in [-0.25, -0.2) is 0 Å². The molecule has 5 nitrogen and oxygen atoms in total. The van der Waals surface area contributed by atoms with Gasteiger partial charge in [-0.3, -0.25) is 9.59 Å². The molecule has 0 unspecified atom stereocenters. The number of primary amides is 1. The van der Waals surface area contributed by atoms with Crippen LogP contribution >= 0.6 is 11.6 Å². The highest BCUT2D eigenvalue weighted by atomic mass is 35.5. The summed E-state index contributed by atoms with van der Waals surface area (Å²) in [6.45, 7) is 2.58. The fraction of sp³-hybridized carbons (Fsp3) is 0.429. The van der Waals surface area contributed by atoms with Gasteiger partial charge in [-0.05, 0) is 24.6 Å². The number of rotatable bonds is 3. The van der Waals surface area contributed by atoms with E-state index in [2.05, 4.69) is 0 Å².